The maximum Gasteiger partial charge on any atom is 1.00 e. The van der Waals surface area contributed by atoms with Gasteiger partial charge in [0, 0.05) is 12.8 Å². The molecule has 0 saturated heterocycles. The molecular weight excluding hydrogens is 195 g/mol. The molecule has 5 heteroatoms. The average molecular weight is 212 g/mol. The predicted molar refractivity (Wildman–Crippen MR) is 48.7 cm³/mol. The first-order valence-corrected chi connectivity index (χ1v) is 4.56. The van der Waals surface area contributed by atoms with Crippen molar-refractivity contribution >= 4 is 11.9 Å². The molecule has 4 nitrogen and oxygen atoms in total. The van der Waals surface area contributed by atoms with Crippen LogP contribution in [0.3, 0.4) is 0 Å². The Labute approximate surface area is 107 Å². The molecule has 2 N–H and O–H groups in total. The van der Waals surface area contributed by atoms with Crippen LogP contribution in [0.1, 0.15) is 46.4 Å². The summed E-state index contributed by atoms with van der Waals surface area (Å²) in [4.78, 5) is 20.2. The molecule has 0 rings (SSSR count). The second-order valence-electron chi connectivity index (χ2n) is 3.06. The van der Waals surface area contributed by atoms with E-state index in [9.17, 15) is 9.59 Å². The zero-order valence-electron chi connectivity index (χ0n) is 9.66. The minimum Gasteiger partial charge on any atom is -1.00 e. The average Bonchev–Trinajstić information content (AvgIpc) is 2.01. The number of rotatable bonds is 8. The summed E-state index contributed by atoms with van der Waals surface area (Å²) in [5.41, 5.74) is 0. The van der Waals surface area contributed by atoms with Crippen LogP contribution in [0.15, 0.2) is 0 Å². The first-order valence-electron chi connectivity index (χ1n) is 4.56. The molecule has 0 aromatic heterocycles. The first-order chi connectivity index (χ1) is 6.13. The zero-order chi connectivity index (χ0) is 10.1. The molecule has 0 saturated carbocycles. The van der Waals surface area contributed by atoms with Crippen LogP contribution in [0.25, 0.3) is 0 Å². The Morgan fingerprint density at radius 2 is 1.07 bits per heavy atom. The van der Waals surface area contributed by atoms with E-state index in [0.717, 1.165) is 19.3 Å². The van der Waals surface area contributed by atoms with Gasteiger partial charge in [0.05, 0.1) is 0 Å². The maximum atomic E-state index is 10.1. The van der Waals surface area contributed by atoms with Gasteiger partial charge in [0.25, 0.3) is 0 Å². The van der Waals surface area contributed by atoms with Gasteiger partial charge in [-0.05, 0) is 12.8 Å². The van der Waals surface area contributed by atoms with E-state index >= 15 is 0 Å². The van der Waals surface area contributed by atoms with Crippen molar-refractivity contribution in [1.29, 1.82) is 0 Å². The molecule has 0 aliphatic carbocycles. The Morgan fingerprint density at radius 1 is 0.786 bits per heavy atom. The van der Waals surface area contributed by atoms with Crippen LogP contribution >= 0.6 is 0 Å². The van der Waals surface area contributed by atoms with Crippen LogP contribution in [-0.4, -0.2) is 22.2 Å². The molecule has 0 atom stereocenters. The molecule has 0 aromatic rings. The summed E-state index contributed by atoms with van der Waals surface area (Å²) in [5.74, 6) is -1.52. The largest absolute Gasteiger partial charge is 1.00 e. The van der Waals surface area contributed by atoms with Gasteiger partial charge in [0.15, 0.2) is 0 Å². The third-order valence-electron chi connectivity index (χ3n) is 1.78. The van der Waals surface area contributed by atoms with E-state index in [2.05, 4.69) is 0 Å². The number of carboxylic acids is 2. The molecule has 14 heavy (non-hydrogen) atoms. The van der Waals surface area contributed by atoms with Crippen molar-refractivity contribution in [3.8, 4) is 0 Å². The first kappa shape index (κ1) is 16.4. The molecule has 0 bridgehead atoms. The van der Waals surface area contributed by atoms with Crippen LogP contribution in [0.4, 0.5) is 0 Å². The third-order valence-corrected chi connectivity index (χ3v) is 1.78. The zero-order valence-corrected chi connectivity index (χ0v) is 10.7. The number of hydrogen-bond acceptors (Lipinski definition) is 2. The topological polar surface area (TPSA) is 74.6 Å². The van der Waals surface area contributed by atoms with E-state index in [1.54, 1.807) is 0 Å². The number of unbranched alkanes of at least 4 members (excludes halogenated alkanes) is 4. The molecular formula is C9H17NaO4. The fourth-order valence-electron chi connectivity index (χ4n) is 1.08. The fraction of sp³-hybridized carbons (Fsp3) is 0.778. The Kier molecular flexibility index (Phi) is 12.9. The van der Waals surface area contributed by atoms with Crippen molar-refractivity contribution in [2.24, 2.45) is 0 Å². The van der Waals surface area contributed by atoms with Gasteiger partial charge < -0.3 is 11.6 Å². The minimum absolute atomic E-state index is 0. The summed E-state index contributed by atoms with van der Waals surface area (Å²) in [5, 5.41) is 16.6. The number of aliphatic carboxylic acids is 2. The van der Waals surface area contributed by atoms with Crippen molar-refractivity contribution in [3.63, 3.8) is 0 Å². The Bertz CT molecular complexity index is 157. The summed E-state index contributed by atoms with van der Waals surface area (Å²) in [6, 6.07) is 0. The van der Waals surface area contributed by atoms with Crippen LogP contribution in [0, 0.1) is 0 Å². The standard InChI is InChI=1S/C9H16O4.Na.H/c10-8(11)6-4-2-1-3-5-7-9(12)13;;/h1-7H2,(H,10,11)(H,12,13);;/q;+1;-1. The van der Waals surface area contributed by atoms with Crippen molar-refractivity contribution in [2.45, 2.75) is 44.9 Å². The Hall–Kier alpha value is -0.0600. The van der Waals surface area contributed by atoms with Crippen molar-refractivity contribution in [2.75, 3.05) is 0 Å². The molecule has 0 aliphatic heterocycles. The fourth-order valence-corrected chi connectivity index (χ4v) is 1.08. The summed E-state index contributed by atoms with van der Waals surface area (Å²) < 4.78 is 0. The van der Waals surface area contributed by atoms with Crippen molar-refractivity contribution < 1.29 is 50.8 Å². The van der Waals surface area contributed by atoms with Crippen LogP contribution in [0.5, 0.6) is 0 Å². The molecule has 0 aliphatic rings. The van der Waals surface area contributed by atoms with Gasteiger partial charge in [-0.3, -0.25) is 9.59 Å². The number of carbonyl (C=O) groups is 2. The summed E-state index contributed by atoms with van der Waals surface area (Å²) in [6.07, 6.45) is 4.53. The normalized spacial score (nSPS) is 9.14. The van der Waals surface area contributed by atoms with Crippen molar-refractivity contribution in [3.05, 3.63) is 0 Å². The quantitative estimate of drug-likeness (QED) is 0.400. The minimum atomic E-state index is -0.759. The van der Waals surface area contributed by atoms with E-state index in [4.69, 9.17) is 10.2 Å². The van der Waals surface area contributed by atoms with Gasteiger partial charge in [-0.15, -0.1) is 0 Å². The van der Waals surface area contributed by atoms with Gasteiger partial charge in [-0.25, -0.2) is 0 Å². The monoisotopic (exact) mass is 212 g/mol. The van der Waals surface area contributed by atoms with Gasteiger partial charge in [-0.1, -0.05) is 19.3 Å². The van der Waals surface area contributed by atoms with Gasteiger partial charge >= 0.3 is 41.5 Å². The third kappa shape index (κ3) is 14.5. The van der Waals surface area contributed by atoms with E-state index in [1.807, 2.05) is 0 Å². The number of hydrogen-bond donors (Lipinski definition) is 2. The predicted octanol–water partition coefficient (Wildman–Crippen LogP) is -0.997. The molecule has 0 spiro atoms. The smallest absolute Gasteiger partial charge is 1.00 e. The second-order valence-corrected chi connectivity index (χ2v) is 3.06. The SMILES string of the molecule is O=C(O)CCCCCCCC(=O)O.[H-].[Na+]. The van der Waals surface area contributed by atoms with E-state index in [1.165, 1.54) is 0 Å². The van der Waals surface area contributed by atoms with Crippen molar-refractivity contribution in [1.82, 2.24) is 0 Å². The molecule has 0 unspecified atom stereocenters. The van der Waals surface area contributed by atoms with E-state index < -0.39 is 11.9 Å². The molecule has 0 radical (unpaired) electrons. The summed E-state index contributed by atoms with van der Waals surface area (Å²) in [6.45, 7) is 0. The number of carboxylic acid groups (broad SMARTS) is 2. The molecule has 0 amide bonds. The maximum absolute atomic E-state index is 10.1. The summed E-state index contributed by atoms with van der Waals surface area (Å²) >= 11 is 0. The molecule has 0 heterocycles. The van der Waals surface area contributed by atoms with Crippen LogP contribution < -0.4 is 29.6 Å². The second kappa shape index (κ2) is 11.0. The van der Waals surface area contributed by atoms with Crippen LogP contribution in [-0.2, 0) is 9.59 Å². The summed E-state index contributed by atoms with van der Waals surface area (Å²) in [7, 11) is 0. The van der Waals surface area contributed by atoms with E-state index in [0.29, 0.717) is 12.8 Å². The Morgan fingerprint density at radius 3 is 1.36 bits per heavy atom. The van der Waals surface area contributed by atoms with Gasteiger partial charge in [0.2, 0.25) is 0 Å². The van der Waals surface area contributed by atoms with Gasteiger partial charge in [-0.2, -0.15) is 0 Å². The van der Waals surface area contributed by atoms with Gasteiger partial charge in [0.1, 0.15) is 0 Å². The Balaban J connectivity index is -0.000000720. The molecule has 78 valence electrons. The van der Waals surface area contributed by atoms with Crippen LogP contribution in [0.2, 0.25) is 0 Å². The van der Waals surface area contributed by atoms with E-state index in [-0.39, 0.29) is 43.8 Å². The molecule has 0 aromatic carbocycles. The molecule has 0 fully saturated rings.